The average Bonchev–Trinajstić information content (AvgIpc) is 2.77. The lowest BCUT2D eigenvalue weighted by atomic mass is 10.2. The van der Waals surface area contributed by atoms with Crippen molar-refractivity contribution in [2.45, 2.75) is 6.42 Å². The number of imidazole rings is 1. The van der Waals surface area contributed by atoms with Crippen molar-refractivity contribution in [1.82, 2.24) is 9.55 Å². The molecule has 0 radical (unpaired) electrons. The first-order valence-corrected chi connectivity index (χ1v) is 5.92. The fourth-order valence-corrected chi connectivity index (χ4v) is 1.84. The number of hydrogen-bond donors (Lipinski definition) is 0. The molecule has 0 aliphatic heterocycles. The molecule has 1 aromatic heterocycles. The topological polar surface area (TPSA) is 44.1 Å². The molecule has 94 valence electrons. The summed E-state index contributed by atoms with van der Waals surface area (Å²) in [6, 6.07) is 4.96. The minimum Gasteiger partial charge on any atom is -0.492 e. The number of benzene rings is 1. The first-order chi connectivity index (χ1) is 8.70. The average molecular weight is 265 g/mol. The molecule has 0 saturated carbocycles. The minimum absolute atomic E-state index is 0.444. The van der Waals surface area contributed by atoms with E-state index >= 15 is 0 Å². The van der Waals surface area contributed by atoms with Crippen LogP contribution in [0.2, 0.25) is 5.02 Å². The Morgan fingerprint density at radius 2 is 2.33 bits per heavy atom. The van der Waals surface area contributed by atoms with Crippen LogP contribution in [0.4, 0.5) is 0 Å². The van der Waals surface area contributed by atoms with Crippen molar-refractivity contribution in [3.05, 3.63) is 47.0 Å². The SMILES string of the molecule is Cn1ccnc1CCOc1ccc(C=O)cc1Cl. The van der Waals surface area contributed by atoms with Crippen molar-refractivity contribution >= 4 is 17.9 Å². The van der Waals surface area contributed by atoms with Crippen LogP contribution in [0.15, 0.2) is 30.6 Å². The van der Waals surface area contributed by atoms with E-state index in [9.17, 15) is 4.79 Å². The van der Waals surface area contributed by atoms with Gasteiger partial charge >= 0.3 is 0 Å². The summed E-state index contributed by atoms with van der Waals surface area (Å²) in [5.41, 5.74) is 0.538. The second kappa shape index (κ2) is 5.69. The Kier molecular flexibility index (Phi) is 3.99. The molecule has 0 bridgehead atoms. The lowest BCUT2D eigenvalue weighted by Crippen LogP contribution is -2.06. The maximum atomic E-state index is 10.6. The van der Waals surface area contributed by atoms with Crippen LogP contribution in [0.25, 0.3) is 0 Å². The maximum Gasteiger partial charge on any atom is 0.150 e. The van der Waals surface area contributed by atoms with Crippen molar-refractivity contribution in [3.63, 3.8) is 0 Å². The van der Waals surface area contributed by atoms with Gasteiger partial charge in [0.25, 0.3) is 0 Å². The quantitative estimate of drug-likeness (QED) is 0.780. The first-order valence-electron chi connectivity index (χ1n) is 5.54. The van der Waals surface area contributed by atoms with E-state index in [1.165, 1.54) is 0 Å². The number of nitrogens with zero attached hydrogens (tertiary/aromatic N) is 2. The fourth-order valence-electron chi connectivity index (χ4n) is 1.60. The van der Waals surface area contributed by atoms with Crippen molar-refractivity contribution in [3.8, 4) is 5.75 Å². The summed E-state index contributed by atoms with van der Waals surface area (Å²) in [4.78, 5) is 14.8. The highest BCUT2D eigenvalue weighted by Gasteiger charge is 2.04. The van der Waals surface area contributed by atoms with Gasteiger partial charge in [-0.3, -0.25) is 4.79 Å². The zero-order valence-corrected chi connectivity index (χ0v) is 10.7. The summed E-state index contributed by atoms with van der Waals surface area (Å²) < 4.78 is 7.51. The summed E-state index contributed by atoms with van der Waals surface area (Å²) in [5.74, 6) is 1.53. The summed E-state index contributed by atoms with van der Waals surface area (Å²) in [5, 5.41) is 0.444. The van der Waals surface area contributed by atoms with Gasteiger partial charge in [0.05, 0.1) is 11.6 Å². The van der Waals surface area contributed by atoms with Gasteiger partial charge in [-0.05, 0) is 18.2 Å². The van der Waals surface area contributed by atoms with Crippen molar-refractivity contribution in [2.24, 2.45) is 7.05 Å². The van der Waals surface area contributed by atoms with Gasteiger partial charge in [-0.15, -0.1) is 0 Å². The largest absolute Gasteiger partial charge is 0.492 e. The second-order valence-electron chi connectivity index (χ2n) is 3.86. The molecule has 0 aliphatic carbocycles. The van der Waals surface area contributed by atoms with E-state index in [-0.39, 0.29) is 0 Å². The van der Waals surface area contributed by atoms with E-state index < -0.39 is 0 Å². The van der Waals surface area contributed by atoms with E-state index in [0.29, 0.717) is 29.4 Å². The molecule has 4 nitrogen and oxygen atoms in total. The summed E-state index contributed by atoms with van der Waals surface area (Å²) >= 11 is 6.00. The zero-order chi connectivity index (χ0) is 13.0. The van der Waals surface area contributed by atoms with Gasteiger partial charge in [-0.2, -0.15) is 0 Å². The van der Waals surface area contributed by atoms with Crippen LogP contribution < -0.4 is 4.74 Å². The predicted molar refractivity (Wildman–Crippen MR) is 69.2 cm³/mol. The standard InChI is InChI=1S/C13H13ClN2O2/c1-16-6-5-15-13(16)4-7-18-12-3-2-10(9-17)8-11(12)14/h2-3,5-6,8-9H,4,7H2,1H3. The van der Waals surface area contributed by atoms with Crippen LogP contribution in [0.3, 0.4) is 0 Å². The third-order valence-corrected chi connectivity index (χ3v) is 2.89. The number of carbonyl (C=O) groups excluding carboxylic acids is 1. The number of halogens is 1. The molecule has 0 atom stereocenters. The molecule has 0 aliphatic rings. The van der Waals surface area contributed by atoms with Crippen LogP contribution in [0.5, 0.6) is 5.75 Å². The predicted octanol–water partition coefficient (Wildman–Crippen LogP) is 2.51. The number of ether oxygens (including phenoxy) is 1. The zero-order valence-electron chi connectivity index (χ0n) is 9.97. The number of rotatable bonds is 5. The minimum atomic E-state index is 0.444. The van der Waals surface area contributed by atoms with Gasteiger partial charge < -0.3 is 9.30 Å². The number of hydrogen-bond acceptors (Lipinski definition) is 3. The van der Waals surface area contributed by atoms with Crippen LogP contribution in [0.1, 0.15) is 16.2 Å². The molecule has 1 heterocycles. The molecular formula is C13H13ClN2O2. The summed E-state index contributed by atoms with van der Waals surface area (Å²) in [7, 11) is 1.94. The molecule has 2 aromatic rings. The van der Waals surface area contributed by atoms with Gasteiger partial charge in [0, 0.05) is 31.4 Å². The Morgan fingerprint density at radius 1 is 1.50 bits per heavy atom. The summed E-state index contributed by atoms with van der Waals surface area (Å²) in [6.07, 6.45) is 5.10. The Morgan fingerprint density at radius 3 is 2.94 bits per heavy atom. The van der Waals surface area contributed by atoms with Crippen molar-refractivity contribution < 1.29 is 9.53 Å². The Bertz CT molecular complexity index is 552. The molecule has 0 N–H and O–H groups in total. The van der Waals surface area contributed by atoms with E-state index in [2.05, 4.69) is 4.98 Å². The molecule has 0 fully saturated rings. The third-order valence-electron chi connectivity index (χ3n) is 2.60. The van der Waals surface area contributed by atoms with Gasteiger partial charge in [-0.25, -0.2) is 4.98 Å². The number of aryl methyl sites for hydroxylation is 1. The van der Waals surface area contributed by atoms with Crippen molar-refractivity contribution in [1.29, 1.82) is 0 Å². The van der Waals surface area contributed by atoms with Crippen LogP contribution in [0, 0.1) is 0 Å². The molecule has 18 heavy (non-hydrogen) atoms. The summed E-state index contributed by atoms with van der Waals surface area (Å²) in [6.45, 7) is 0.491. The van der Waals surface area contributed by atoms with Gasteiger partial charge in [-0.1, -0.05) is 11.6 Å². The van der Waals surface area contributed by atoms with Gasteiger partial charge in [0.1, 0.15) is 17.9 Å². The molecule has 0 unspecified atom stereocenters. The third kappa shape index (κ3) is 2.90. The molecule has 1 aromatic carbocycles. The molecular weight excluding hydrogens is 252 g/mol. The van der Waals surface area contributed by atoms with Crippen LogP contribution in [-0.2, 0) is 13.5 Å². The van der Waals surface area contributed by atoms with E-state index in [4.69, 9.17) is 16.3 Å². The molecule has 0 saturated heterocycles. The Labute approximate surface area is 110 Å². The van der Waals surface area contributed by atoms with E-state index in [1.807, 2.05) is 17.8 Å². The van der Waals surface area contributed by atoms with Crippen molar-refractivity contribution in [2.75, 3.05) is 6.61 Å². The van der Waals surface area contributed by atoms with Crippen LogP contribution in [-0.4, -0.2) is 22.4 Å². The Balaban J connectivity index is 1.94. The monoisotopic (exact) mass is 264 g/mol. The Hall–Kier alpha value is -1.81. The smallest absolute Gasteiger partial charge is 0.150 e. The molecule has 0 amide bonds. The highest BCUT2D eigenvalue weighted by molar-refractivity contribution is 6.32. The number of aldehydes is 1. The fraction of sp³-hybridized carbons (Fsp3) is 0.231. The molecule has 5 heteroatoms. The van der Waals surface area contributed by atoms with Crippen LogP contribution >= 0.6 is 11.6 Å². The highest BCUT2D eigenvalue weighted by atomic mass is 35.5. The highest BCUT2D eigenvalue weighted by Crippen LogP contribution is 2.24. The van der Waals surface area contributed by atoms with E-state index in [1.54, 1.807) is 24.4 Å². The lowest BCUT2D eigenvalue weighted by Gasteiger charge is -2.08. The molecule has 2 rings (SSSR count). The number of aromatic nitrogens is 2. The normalized spacial score (nSPS) is 10.3. The maximum absolute atomic E-state index is 10.6. The van der Waals surface area contributed by atoms with E-state index in [0.717, 1.165) is 12.1 Å². The molecule has 0 spiro atoms. The second-order valence-corrected chi connectivity index (χ2v) is 4.27. The first kappa shape index (κ1) is 12.6. The van der Waals surface area contributed by atoms with Gasteiger partial charge in [0.2, 0.25) is 0 Å². The number of carbonyl (C=O) groups is 1. The lowest BCUT2D eigenvalue weighted by molar-refractivity contribution is 0.112. The van der Waals surface area contributed by atoms with Gasteiger partial charge in [0.15, 0.2) is 0 Å².